The molecule has 0 aromatic heterocycles. The molecule has 0 unspecified atom stereocenters. The largest absolute Gasteiger partial charge is 0.493 e. The van der Waals surface area contributed by atoms with E-state index in [9.17, 15) is 0 Å². The lowest BCUT2D eigenvalue weighted by Gasteiger charge is -2.09. The first-order valence-electron chi connectivity index (χ1n) is 4.56. The Balaban J connectivity index is 2.69. The monoisotopic (exact) mass is 266 g/mol. The molecule has 0 saturated heterocycles. The first-order chi connectivity index (χ1) is 7.24. The summed E-state index contributed by atoms with van der Waals surface area (Å²) >= 11 is 3.44. The molecule has 0 fully saturated rings. The van der Waals surface area contributed by atoms with E-state index in [2.05, 4.69) is 22.0 Å². The molecule has 3 heteroatoms. The van der Waals surface area contributed by atoms with Crippen molar-refractivity contribution in [3.05, 3.63) is 34.8 Å². The molecular weight excluding hydrogens is 256 g/mol. The summed E-state index contributed by atoms with van der Waals surface area (Å²) in [5.41, 5.74) is 0. The zero-order valence-corrected chi connectivity index (χ0v) is 10.2. The Bertz CT molecular complexity index is 494. The van der Waals surface area contributed by atoms with Gasteiger partial charge in [0.25, 0.3) is 0 Å². The predicted molar refractivity (Wildman–Crippen MR) is 64.8 cm³/mol. The maximum absolute atomic E-state index is 5.24. The molecular formula is C12H11BrO2. The van der Waals surface area contributed by atoms with Gasteiger partial charge < -0.3 is 9.47 Å². The molecule has 0 bridgehead atoms. The van der Waals surface area contributed by atoms with Crippen molar-refractivity contribution in [1.29, 1.82) is 0 Å². The van der Waals surface area contributed by atoms with E-state index in [1.165, 1.54) is 0 Å². The topological polar surface area (TPSA) is 18.5 Å². The highest BCUT2D eigenvalue weighted by Gasteiger charge is 2.05. The summed E-state index contributed by atoms with van der Waals surface area (Å²) in [5.74, 6) is 1.51. The molecule has 0 atom stereocenters. The standard InChI is InChI=1S/C12H11BrO2/c1-14-11-6-8-3-4-10(13)5-9(8)7-12(11)15-2/h3-7H,1-2H3. The average molecular weight is 267 g/mol. The fraction of sp³-hybridized carbons (Fsp3) is 0.167. The second-order valence-electron chi connectivity index (χ2n) is 3.20. The summed E-state index contributed by atoms with van der Waals surface area (Å²) in [6.45, 7) is 0. The highest BCUT2D eigenvalue weighted by Crippen LogP contribution is 2.33. The van der Waals surface area contributed by atoms with E-state index in [-0.39, 0.29) is 0 Å². The van der Waals surface area contributed by atoms with Crippen LogP contribution in [-0.4, -0.2) is 14.2 Å². The summed E-state index contributed by atoms with van der Waals surface area (Å²) in [7, 11) is 3.28. The third kappa shape index (κ3) is 1.92. The molecule has 0 spiro atoms. The molecule has 0 saturated carbocycles. The number of benzene rings is 2. The Morgan fingerprint density at radius 1 is 0.867 bits per heavy atom. The molecule has 0 aliphatic heterocycles. The second kappa shape index (κ2) is 4.11. The quantitative estimate of drug-likeness (QED) is 0.827. The van der Waals surface area contributed by atoms with Crippen LogP contribution in [0.25, 0.3) is 10.8 Å². The van der Waals surface area contributed by atoms with Crippen LogP contribution in [0.15, 0.2) is 34.8 Å². The van der Waals surface area contributed by atoms with Gasteiger partial charge in [-0.25, -0.2) is 0 Å². The lowest BCUT2D eigenvalue weighted by molar-refractivity contribution is 0.356. The van der Waals surface area contributed by atoms with Crippen LogP contribution < -0.4 is 9.47 Å². The molecule has 0 N–H and O–H groups in total. The molecule has 0 aliphatic rings. The van der Waals surface area contributed by atoms with Crippen LogP contribution in [0.3, 0.4) is 0 Å². The normalized spacial score (nSPS) is 10.3. The molecule has 2 nitrogen and oxygen atoms in total. The first-order valence-corrected chi connectivity index (χ1v) is 5.35. The highest BCUT2D eigenvalue weighted by atomic mass is 79.9. The maximum atomic E-state index is 5.24. The number of hydrogen-bond donors (Lipinski definition) is 0. The smallest absolute Gasteiger partial charge is 0.161 e. The van der Waals surface area contributed by atoms with Crippen LogP contribution in [0, 0.1) is 0 Å². The van der Waals surface area contributed by atoms with Crippen LogP contribution >= 0.6 is 15.9 Å². The van der Waals surface area contributed by atoms with Gasteiger partial charge in [-0.3, -0.25) is 0 Å². The number of rotatable bonds is 2. The zero-order valence-electron chi connectivity index (χ0n) is 8.58. The molecule has 0 aliphatic carbocycles. The van der Waals surface area contributed by atoms with Gasteiger partial charge in [0.2, 0.25) is 0 Å². The maximum Gasteiger partial charge on any atom is 0.161 e. The van der Waals surface area contributed by atoms with Gasteiger partial charge in [-0.15, -0.1) is 0 Å². The molecule has 2 aromatic rings. The van der Waals surface area contributed by atoms with Crippen molar-refractivity contribution in [2.24, 2.45) is 0 Å². The first kappa shape index (κ1) is 10.3. The van der Waals surface area contributed by atoms with Crippen LogP contribution in [0.5, 0.6) is 11.5 Å². The molecule has 78 valence electrons. The van der Waals surface area contributed by atoms with E-state index >= 15 is 0 Å². The Hall–Kier alpha value is -1.22. The Morgan fingerprint density at radius 3 is 2.07 bits per heavy atom. The van der Waals surface area contributed by atoms with Gasteiger partial charge in [0.1, 0.15) is 0 Å². The van der Waals surface area contributed by atoms with Gasteiger partial charge in [0.05, 0.1) is 14.2 Å². The van der Waals surface area contributed by atoms with Crippen molar-refractivity contribution in [2.75, 3.05) is 14.2 Å². The van der Waals surface area contributed by atoms with Crippen molar-refractivity contribution in [2.45, 2.75) is 0 Å². The van der Waals surface area contributed by atoms with Crippen LogP contribution in [0.1, 0.15) is 0 Å². The lowest BCUT2D eigenvalue weighted by Crippen LogP contribution is -1.90. The molecule has 2 rings (SSSR count). The number of halogens is 1. The van der Waals surface area contributed by atoms with Crippen LogP contribution in [0.4, 0.5) is 0 Å². The Labute approximate surface area is 96.9 Å². The van der Waals surface area contributed by atoms with Crippen LogP contribution in [-0.2, 0) is 0 Å². The summed E-state index contributed by atoms with van der Waals surface area (Å²) in [6, 6.07) is 10.0. The van der Waals surface area contributed by atoms with E-state index in [0.29, 0.717) is 0 Å². The van der Waals surface area contributed by atoms with Crippen molar-refractivity contribution in [1.82, 2.24) is 0 Å². The van der Waals surface area contributed by atoms with E-state index in [1.54, 1.807) is 14.2 Å². The third-order valence-electron chi connectivity index (χ3n) is 2.30. The predicted octanol–water partition coefficient (Wildman–Crippen LogP) is 3.62. The van der Waals surface area contributed by atoms with Crippen molar-refractivity contribution >= 4 is 26.7 Å². The summed E-state index contributed by atoms with van der Waals surface area (Å²) in [6.07, 6.45) is 0. The van der Waals surface area contributed by atoms with Gasteiger partial charge in [0.15, 0.2) is 11.5 Å². The van der Waals surface area contributed by atoms with E-state index in [0.717, 1.165) is 26.7 Å². The highest BCUT2D eigenvalue weighted by molar-refractivity contribution is 9.10. The SMILES string of the molecule is COc1cc2ccc(Br)cc2cc1OC. The van der Waals surface area contributed by atoms with Gasteiger partial charge in [-0.1, -0.05) is 22.0 Å². The molecule has 0 amide bonds. The summed E-state index contributed by atoms with van der Waals surface area (Å²) in [5, 5.41) is 2.26. The minimum absolute atomic E-state index is 0.753. The fourth-order valence-electron chi connectivity index (χ4n) is 1.55. The number of fused-ring (bicyclic) bond motifs is 1. The molecule has 0 radical (unpaired) electrons. The average Bonchev–Trinajstić information content (AvgIpc) is 2.27. The molecule has 2 aromatic carbocycles. The number of ether oxygens (including phenoxy) is 2. The second-order valence-corrected chi connectivity index (χ2v) is 4.11. The number of methoxy groups -OCH3 is 2. The van der Waals surface area contributed by atoms with Gasteiger partial charge in [-0.05, 0) is 35.0 Å². The molecule has 15 heavy (non-hydrogen) atoms. The summed E-state index contributed by atoms with van der Waals surface area (Å²) in [4.78, 5) is 0. The number of hydrogen-bond acceptors (Lipinski definition) is 2. The lowest BCUT2D eigenvalue weighted by atomic mass is 10.1. The van der Waals surface area contributed by atoms with Crippen molar-refractivity contribution < 1.29 is 9.47 Å². The Kier molecular flexibility index (Phi) is 2.82. The third-order valence-corrected chi connectivity index (χ3v) is 2.80. The van der Waals surface area contributed by atoms with Gasteiger partial charge >= 0.3 is 0 Å². The van der Waals surface area contributed by atoms with Crippen molar-refractivity contribution in [3.63, 3.8) is 0 Å². The molecule has 0 heterocycles. The van der Waals surface area contributed by atoms with Gasteiger partial charge in [-0.2, -0.15) is 0 Å². The van der Waals surface area contributed by atoms with E-state index in [4.69, 9.17) is 9.47 Å². The zero-order chi connectivity index (χ0) is 10.8. The summed E-state index contributed by atoms with van der Waals surface area (Å²) < 4.78 is 11.5. The minimum atomic E-state index is 0.753. The van der Waals surface area contributed by atoms with Crippen molar-refractivity contribution in [3.8, 4) is 11.5 Å². The fourth-order valence-corrected chi connectivity index (χ4v) is 1.92. The van der Waals surface area contributed by atoms with E-state index < -0.39 is 0 Å². The minimum Gasteiger partial charge on any atom is -0.493 e. The Morgan fingerprint density at radius 2 is 1.47 bits per heavy atom. The van der Waals surface area contributed by atoms with Gasteiger partial charge in [0, 0.05) is 4.47 Å². The van der Waals surface area contributed by atoms with Crippen LogP contribution in [0.2, 0.25) is 0 Å². The van der Waals surface area contributed by atoms with E-state index in [1.807, 2.05) is 24.3 Å².